The molecule has 1 heterocycles. The number of rotatable bonds is 13. The molecule has 0 radical (unpaired) electrons. The zero-order valence-corrected chi connectivity index (χ0v) is 18.9. The van der Waals surface area contributed by atoms with E-state index in [0.717, 1.165) is 37.0 Å². The van der Waals surface area contributed by atoms with Crippen molar-refractivity contribution in [3.8, 4) is 0 Å². The van der Waals surface area contributed by atoms with E-state index in [1.165, 1.54) is 50.5 Å². The van der Waals surface area contributed by atoms with Crippen LogP contribution in [0.3, 0.4) is 0 Å². The summed E-state index contributed by atoms with van der Waals surface area (Å²) in [5.41, 5.74) is 1.33. The monoisotopic (exact) mass is 409 g/mol. The smallest absolute Gasteiger partial charge is 0.214 e. The molecule has 1 aliphatic rings. The van der Waals surface area contributed by atoms with Gasteiger partial charge in [0.1, 0.15) is 6.54 Å². The molecule has 1 fully saturated rings. The summed E-state index contributed by atoms with van der Waals surface area (Å²) < 4.78 is 28.0. The SMILES string of the molecule is CCCCCCCCCCCS(=O)(=O)N1CC[N+](C)(Cc2ccccc2)CC1. The van der Waals surface area contributed by atoms with E-state index in [1.54, 1.807) is 4.31 Å². The summed E-state index contributed by atoms with van der Waals surface area (Å²) in [6.45, 7) is 6.32. The fourth-order valence-electron chi connectivity index (χ4n) is 4.11. The van der Waals surface area contributed by atoms with Crippen LogP contribution in [0.15, 0.2) is 30.3 Å². The Hall–Kier alpha value is -0.910. The maximum Gasteiger partial charge on any atom is 0.214 e. The van der Waals surface area contributed by atoms with Crippen LogP contribution in [0.2, 0.25) is 0 Å². The number of unbranched alkanes of at least 4 members (excludes halogenated alkanes) is 8. The minimum absolute atomic E-state index is 0.325. The van der Waals surface area contributed by atoms with E-state index in [-0.39, 0.29) is 0 Å². The number of hydrogen-bond donors (Lipinski definition) is 0. The van der Waals surface area contributed by atoms with Crippen molar-refractivity contribution in [2.45, 2.75) is 71.3 Å². The zero-order chi connectivity index (χ0) is 20.3. The van der Waals surface area contributed by atoms with Gasteiger partial charge in [-0.2, -0.15) is 4.31 Å². The summed E-state index contributed by atoms with van der Waals surface area (Å²) >= 11 is 0. The minimum atomic E-state index is -3.09. The molecule has 1 aromatic carbocycles. The van der Waals surface area contributed by atoms with Crippen molar-refractivity contribution < 1.29 is 12.9 Å². The first kappa shape index (κ1) is 23.4. The molecule has 4 nitrogen and oxygen atoms in total. The summed E-state index contributed by atoms with van der Waals surface area (Å²) in [5, 5.41) is 0. The van der Waals surface area contributed by atoms with Crippen molar-refractivity contribution in [2.24, 2.45) is 0 Å². The van der Waals surface area contributed by atoms with Crippen LogP contribution in [-0.2, 0) is 16.6 Å². The number of quaternary nitrogens is 1. The quantitative estimate of drug-likeness (QED) is 0.346. The Bertz CT molecular complexity index is 638. The lowest BCUT2D eigenvalue weighted by Gasteiger charge is -2.41. The van der Waals surface area contributed by atoms with Gasteiger partial charge in [-0.3, -0.25) is 0 Å². The second-order valence-corrected chi connectivity index (χ2v) is 10.8. The normalized spacial score (nSPS) is 17.6. The topological polar surface area (TPSA) is 37.4 Å². The summed E-state index contributed by atoms with van der Waals surface area (Å²) in [7, 11) is -0.840. The molecule has 5 heteroatoms. The van der Waals surface area contributed by atoms with Gasteiger partial charge >= 0.3 is 0 Å². The summed E-state index contributed by atoms with van der Waals surface area (Å²) in [5.74, 6) is 0.325. The first-order valence-electron chi connectivity index (χ1n) is 11.3. The second kappa shape index (κ2) is 11.9. The van der Waals surface area contributed by atoms with Gasteiger partial charge in [0.15, 0.2) is 0 Å². The van der Waals surface area contributed by atoms with E-state index >= 15 is 0 Å². The maximum absolute atomic E-state index is 12.7. The van der Waals surface area contributed by atoms with Crippen molar-refractivity contribution >= 4 is 10.0 Å². The second-order valence-electron chi connectivity index (χ2n) is 8.75. The molecule has 0 amide bonds. The molecule has 0 saturated carbocycles. The number of nitrogens with zero attached hydrogens (tertiary/aromatic N) is 2. The maximum atomic E-state index is 12.7. The Labute approximate surface area is 173 Å². The molecule has 0 aromatic heterocycles. The Morgan fingerprint density at radius 3 is 1.96 bits per heavy atom. The van der Waals surface area contributed by atoms with E-state index in [0.29, 0.717) is 18.8 Å². The number of hydrogen-bond acceptors (Lipinski definition) is 2. The molecule has 0 bridgehead atoms. The van der Waals surface area contributed by atoms with Crippen molar-refractivity contribution in [3.05, 3.63) is 35.9 Å². The molecule has 1 aliphatic heterocycles. The molecule has 160 valence electrons. The van der Waals surface area contributed by atoms with E-state index in [9.17, 15) is 8.42 Å². The van der Waals surface area contributed by atoms with Gasteiger partial charge in [-0.15, -0.1) is 0 Å². The lowest BCUT2D eigenvalue weighted by molar-refractivity contribution is -0.925. The molecule has 1 saturated heterocycles. The van der Waals surface area contributed by atoms with Crippen LogP contribution < -0.4 is 0 Å². The predicted octanol–water partition coefficient (Wildman–Crippen LogP) is 4.81. The molecule has 1 aromatic rings. The fourth-order valence-corrected chi connectivity index (χ4v) is 5.66. The molecule has 0 unspecified atom stereocenters. The molecule has 2 rings (SSSR count). The van der Waals surface area contributed by atoms with Crippen LogP contribution in [0.4, 0.5) is 0 Å². The lowest BCUT2D eigenvalue weighted by Crippen LogP contribution is -2.57. The molecule has 0 atom stereocenters. The molecule has 28 heavy (non-hydrogen) atoms. The fraction of sp³-hybridized carbons (Fsp3) is 0.739. The third-order valence-corrected chi connectivity index (χ3v) is 8.04. The Morgan fingerprint density at radius 2 is 1.39 bits per heavy atom. The van der Waals surface area contributed by atoms with Gasteiger partial charge < -0.3 is 4.48 Å². The third-order valence-electron chi connectivity index (χ3n) is 6.08. The first-order valence-corrected chi connectivity index (χ1v) is 12.9. The summed E-state index contributed by atoms with van der Waals surface area (Å²) in [6.07, 6.45) is 10.9. The van der Waals surface area contributed by atoms with E-state index in [1.807, 2.05) is 6.07 Å². The Kier molecular flexibility index (Phi) is 9.96. The van der Waals surface area contributed by atoms with Crippen LogP contribution in [0, 0.1) is 0 Å². The summed E-state index contributed by atoms with van der Waals surface area (Å²) in [4.78, 5) is 0. The zero-order valence-electron chi connectivity index (χ0n) is 18.1. The highest BCUT2D eigenvalue weighted by Crippen LogP contribution is 2.19. The number of benzene rings is 1. The Balaban J connectivity index is 1.64. The minimum Gasteiger partial charge on any atom is -0.320 e. The lowest BCUT2D eigenvalue weighted by atomic mass is 10.1. The van der Waals surface area contributed by atoms with Crippen LogP contribution in [-0.4, -0.2) is 56.2 Å². The van der Waals surface area contributed by atoms with E-state index < -0.39 is 10.0 Å². The van der Waals surface area contributed by atoms with E-state index in [4.69, 9.17) is 0 Å². The van der Waals surface area contributed by atoms with Crippen LogP contribution in [0.1, 0.15) is 70.3 Å². The average Bonchev–Trinajstić information content (AvgIpc) is 2.67. The van der Waals surface area contributed by atoms with Crippen LogP contribution in [0.5, 0.6) is 0 Å². The number of sulfonamides is 1. The van der Waals surface area contributed by atoms with Gasteiger partial charge in [-0.25, -0.2) is 8.42 Å². The van der Waals surface area contributed by atoms with Crippen molar-refractivity contribution in [1.82, 2.24) is 4.31 Å². The van der Waals surface area contributed by atoms with Gasteiger partial charge in [0.05, 0.1) is 39.0 Å². The van der Waals surface area contributed by atoms with Crippen molar-refractivity contribution in [3.63, 3.8) is 0 Å². The highest BCUT2D eigenvalue weighted by atomic mass is 32.2. The Morgan fingerprint density at radius 1 is 0.857 bits per heavy atom. The van der Waals surface area contributed by atoms with Crippen molar-refractivity contribution in [2.75, 3.05) is 39.0 Å². The van der Waals surface area contributed by atoms with Gasteiger partial charge in [-0.05, 0) is 6.42 Å². The molecule has 0 aliphatic carbocycles. The van der Waals surface area contributed by atoms with Crippen LogP contribution in [0.25, 0.3) is 0 Å². The standard InChI is InChI=1S/C23H41N2O2S/c1-3-4-5-6-7-8-9-10-14-21-28(26,27)24-17-19-25(2,20-18-24)22-23-15-12-11-13-16-23/h11-13,15-16H,3-10,14,17-22H2,1-2H3/q+1. The average molecular weight is 410 g/mol. The highest BCUT2D eigenvalue weighted by Gasteiger charge is 2.34. The third kappa shape index (κ3) is 8.22. The molecule has 0 spiro atoms. The molecular formula is C23H41N2O2S+. The van der Waals surface area contributed by atoms with Crippen molar-refractivity contribution in [1.29, 1.82) is 0 Å². The van der Waals surface area contributed by atoms with Gasteiger partial charge in [0, 0.05) is 5.56 Å². The number of likely N-dealkylation sites (N-methyl/N-ethyl adjacent to an activating group) is 1. The van der Waals surface area contributed by atoms with E-state index in [2.05, 4.69) is 38.2 Å². The molecular weight excluding hydrogens is 368 g/mol. The predicted molar refractivity (Wildman–Crippen MR) is 119 cm³/mol. The largest absolute Gasteiger partial charge is 0.320 e. The summed E-state index contributed by atoms with van der Waals surface area (Å²) in [6, 6.07) is 10.5. The van der Waals surface area contributed by atoms with Gasteiger partial charge in [0.2, 0.25) is 10.0 Å². The van der Waals surface area contributed by atoms with Gasteiger partial charge in [-0.1, -0.05) is 88.6 Å². The first-order chi connectivity index (χ1) is 13.5. The number of piperazine rings is 1. The highest BCUT2D eigenvalue weighted by molar-refractivity contribution is 7.89. The van der Waals surface area contributed by atoms with Gasteiger partial charge in [0.25, 0.3) is 0 Å². The molecule has 0 N–H and O–H groups in total. The van der Waals surface area contributed by atoms with Crippen LogP contribution >= 0.6 is 0 Å².